The first kappa shape index (κ1) is 24.4. The molecule has 0 bridgehead atoms. The molecule has 2 unspecified atom stereocenters. The molecule has 2 aliphatic heterocycles. The highest BCUT2D eigenvalue weighted by atomic mass is 16.3. The van der Waals surface area contributed by atoms with Crippen LogP contribution in [0, 0.1) is 12.3 Å². The maximum absolute atomic E-state index is 10.1. The number of fused-ring (bicyclic) bond motifs is 1. The Bertz CT molecular complexity index is 1060. The van der Waals surface area contributed by atoms with Crippen LogP contribution in [0.25, 0.3) is 11.5 Å². The van der Waals surface area contributed by atoms with Crippen molar-refractivity contribution in [1.29, 1.82) is 0 Å². The maximum Gasteiger partial charge on any atom is 0.117 e. The van der Waals surface area contributed by atoms with E-state index >= 15 is 0 Å². The van der Waals surface area contributed by atoms with E-state index in [1.165, 1.54) is 55.5 Å². The number of aryl methyl sites for hydroxylation is 1. The van der Waals surface area contributed by atoms with Gasteiger partial charge in [0.2, 0.25) is 0 Å². The van der Waals surface area contributed by atoms with E-state index in [1.54, 1.807) is 0 Å². The van der Waals surface area contributed by atoms with Gasteiger partial charge in [0.15, 0.2) is 0 Å². The van der Waals surface area contributed by atoms with Gasteiger partial charge in [-0.25, -0.2) is 0 Å². The minimum Gasteiger partial charge on any atom is -0.508 e. The van der Waals surface area contributed by atoms with Gasteiger partial charge in [0.05, 0.1) is 6.17 Å². The molecule has 1 aliphatic carbocycles. The van der Waals surface area contributed by atoms with Gasteiger partial charge in [0.1, 0.15) is 5.76 Å². The van der Waals surface area contributed by atoms with Gasteiger partial charge >= 0.3 is 0 Å². The third kappa shape index (κ3) is 4.74. The minimum absolute atomic E-state index is 0.0934. The molecule has 1 saturated carbocycles. The monoisotopic (exact) mass is 459 g/mol. The second kappa shape index (κ2) is 9.87. The van der Waals surface area contributed by atoms with Crippen LogP contribution < -0.4 is 10.6 Å². The first-order valence-electron chi connectivity index (χ1n) is 12.9. The van der Waals surface area contributed by atoms with Gasteiger partial charge < -0.3 is 15.7 Å². The van der Waals surface area contributed by atoms with E-state index in [0.717, 1.165) is 22.5 Å². The Morgan fingerprint density at radius 1 is 1.15 bits per heavy atom. The predicted octanol–water partition coefficient (Wildman–Crippen LogP) is 7.04. The van der Waals surface area contributed by atoms with Crippen molar-refractivity contribution < 1.29 is 5.11 Å². The zero-order valence-electron chi connectivity index (χ0n) is 21.4. The van der Waals surface area contributed by atoms with Crippen molar-refractivity contribution in [3.8, 4) is 0 Å². The molecule has 2 aromatic carbocycles. The molecule has 0 radical (unpaired) electrons. The van der Waals surface area contributed by atoms with E-state index in [1.807, 2.05) is 32.9 Å². The molecule has 5 rings (SSSR count). The lowest BCUT2D eigenvalue weighted by atomic mass is 9.82. The van der Waals surface area contributed by atoms with E-state index in [4.69, 9.17) is 0 Å². The number of rotatable bonds is 5. The molecule has 3 aliphatic rings. The Balaban J connectivity index is 0.00000133. The molecule has 1 saturated heterocycles. The molecule has 0 aromatic heterocycles. The van der Waals surface area contributed by atoms with Crippen molar-refractivity contribution in [1.82, 2.24) is 10.2 Å². The number of likely N-dealkylation sites (tertiary alicyclic amines) is 1. The highest BCUT2D eigenvalue weighted by molar-refractivity contribution is 5.72. The van der Waals surface area contributed by atoms with Crippen LogP contribution in [-0.2, 0) is 6.54 Å². The minimum atomic E-state index is 0.0934. The molecule has 4 heteroatoms. The Hall–Kier alpha value is -2.72. The van der Waals surface area contributed by atoms with Crippen LogP contribution in [0.2, 0.25) is 0 Å². The molecule has 4 nitrogen and oxygen atoms in total. The van der Waals surface area contributed by atoms with Crippen LogP contribution in [-0.4, -0.2) is 29.3 Å². The molecule has 2 atom stereocenters. The molecular weight excluding hydrogens is 418 g/mol. The van der Waals surface area contributed by atoms with Crippen LogP contribution in [0.3, 0.4) is 0 Å². The van der Waals surface area contributed by atoms with E-state index in [2.05, 4.69) is 59.9 Å². The van der Waals surface area contributed by atoms with Crippen molar-refractivity contribution >= 4 is 17.1 Å². The van der Waals surface area contributed by atoms with Gasteiger partial charge in [-0.1, -0.05) is 63.8 Å². The fourth-order valence-corrected chi connectivity index (χ4v) is 5.71. The molecule has 0 amide bonds. The van der Waals surface area contributed by atoms with E-state index in [-0.39, 0.29) is 5.76 Å². The van der Waals surface area contributed by atoms with E-state index in [9.17, 15) is 5.11 Å². The quantitative estimate of drug-likeness (QED) is 0.420. The molecule has 2 fully saturated rings. The van der Waals surface area contributed by atoms with Crippen molar-refractivity contribution in [2.24, 2.45) is 5.41 Å². The number of benzene rings is 2. The normalized spacial score (nSPS) is 22.8. The van der Waals surface area contributed by atoms with Crippen molar-refractivity contribution in [2.75, 3.05) is 18.4 Å². The van der Waals surface area contributed by atoms with Crippen LogP contribution in [0.1, 0.15) is 80.2 Å². The zero-order valence-corrected chi connectivity index (χ0v) is 21.4. The van der Waals surface area contributed by atoms with E-state index < -0.39 is 0 Å². The van der Waals surface area contributed by atoms with E-state index in [0.29, 0.717) is 24.0 Å². The Morgan fingerprint density at radius 3 is 2.50 bits per heavy atom. The number of aliphatic hydroxyl groups excluding tert-OH is 1. The summed E-state index contributed by atoms with van der Waals surface area (Å²) < 4.78 is 0. The number of nitrogens with zero attached hydrogens (tertiary/aromatic N) is 1. The third-order valence-electron chi connectivity index (χ3n) is 7.94. The topological polar surface area (TPSA) is 47.5 Å². The lowest BCUT2D eigenvalue weighted by Gasteiger charge is -2.45. The number of nitrogens with one attached hydrogen (secondary N) is 2. The van der Waals surface area contributed by atoms with Gasteiger partial charge in [0, 0.05) is 48.1 Å². The van der Waals surface area contributed by atoms with Gasteiger partial charge in [-0.2, -0.15) is 0 Å². The van der Waals surface area contributed by atoms with Crippen molar-refractivity contribution in [3.63, 3.8) is 0 Å². The van der Waals surface area contributed by atoms with Gasteiger partial charge in [-0.3, -0.25) is 4.90 Å². The van der Waals surface area contributed by atoms with Crippen molar-refractivity contribution in [2.45, 2.75) is 72.0 Å². The summed E-state index contributed by atoms with van der Waals surface area (Å²) in [6.45, 7) is 19.5. The summed E-state index contributed by atoms with van der Waals surface area (Å²) in [5, 5.41) is 17.3. The van der Waals surface area contributed by atoms with Crippen LogP contribution >= 0.6 is 0 Å². The second-order valence-corrected chi connectivity index (χ2v) is 10.1. The number of hydrogen-bond acceptors (Lipinski definition) is 4. The zero-order chi connectivity index (χ0) is 24.5. The maximum atomic E-state index is 10.1. The molecule has 1 spiro atoms. The lowest BCUT2D eigenvalue weighted by molar-refractivity contribution is 0.0972. The summed E-state index contributed by atoms with van der Waals surface area (Å²) in [6.07, 6.45) is 5.82. The predicted molar refractivity (Wildman–Crippen MR) is 145 cm³/mol. The Kier molecular flexibility index (Phi) is 7.09. The summed E-state index contributed by atoms with van der Waals surface area (Å²) in [7, 11) is 0. The van der Waals surface area contributed by atoms with Crippen LogP contribution in [0.15, 0.2) is 49.6 Å². The Labute approximate surface area is 205 Å². The highest BCUT2D eigenvalue weighted by Gasteiger charge is 2.46. The first-order valence-corrected chi connectivity index (χ1v) is 12.9. The SMILES string of the molecule is C=C(O)c1cc(C)ccc1NCc1cccc2c1C(C)C(N1CCC3(CC1)CC3)NC2=C.CC. The van der Waals surface area contributed by atoms with Crippen molar-refractivity contribution in [3.05, 3.63) is 77.4 Å². The summed E-state index contributed by atoms with van der Waals surface area (Å²) >= 11 is 0. The number of aliphatic hydroxyl groups is 1. The Morgan fingerprint density at radius 2 is 1.85 bits per heavy atom. The summed E-state index contributed by atoms with van der Waals surface area (Å²) in [5.41, 5.74) is 8.37. The number of anilines is 1. The average molecular weight is 460 g/mol. The fraction of sp³-hybridized carbons (Fsp3) is 0.467. The van der Waals surface area contributed by atoms with Gasteiger partial charge in [-0.05, 0) is 61.3 Å². The summed E-state index contributed by atoms with van der Waals surface area (Å²) in [6, 6.07) is 12.6. The molecule has 2 aromatic rings. The van der Waals surface area contributed by atoms with Crippen LogP contribution in [0.4, 0.5) is 5.69 Å². The second-order valence-electron chi connectivity index (χ2n) is 10.1. The fourth-order valence-electron chi connectivity index (χ4n) is 5.71. The largest absolute Gasteiger partial charge is 0.508 e. The molecule has 182 valence electrons. The molecule has 3 N–H and O–H groups in total. The number of piperidine rings is 1. The highest BCUT2D eigenvalue weighted by Crippen LogP contribution is 2.54. The molecular formula is C30H41N3O. The lowest BCUT2D eigenvalue weighted by Crippen LogP contribution is -2.53. The summed E-state index contributed by atoms with van der Waals surface area (Å²) in [4.78, 5) is 2.64. The average Bonchev–Trinajstić information content (AvgIpc) is 3.61. The van der Waals surface area contributed by atoms with Crippen LogP contribution in [0.5, 0.6) is 0 Å². The standard InChI is InChI=1S/C28H35N3O.C2H6/c1-18-8-9-25(24(16-18)21(4)32)29-17-22-6-5-7-23-20(3)30-27(19(2)26(22)23)31-14-12-28(10-11-28)13-15-31;1-2/h5-9,16,19,27,29-30,32H,3-4,10-15,17H2,1-2H3;1-2H3. The van der Waals surface area contributed by atoms with Gasteiger partial charge in [-0.15, -0.1) is 0 Å². The summed E-state index contributed by atoms with van der Waals surface area (Å²) in [5.74, 6) is 0.461. The van der Waals surface area contributed by atoms with Gasteiger partial charge in [0.25, 0.3) is 0 Å². The third-order valence-corrected chi connectivity index (χ3v) is 7.94. The number of hydrogen-bond donors (Lipinski definition) is 3. The smallest absolute Gasteiger partial charge is 0.117 e. The first-order chi connectivity index (χ1) is 16.4. The molecule has 2 heterocycles. The molecule has 34 heavy (non-hydrogen) atoms.